The van der Waals surface area contributed by atoms with E-state index in [9.17, 15) is 47.5 Å². The van der Waals surface area contributed by atoms with E-state index in [2.05, 4.69) is 24.9 Å². The summed E-state index contributed by atoms with van der Waals surface area (Å²) in [6, 6.07) is 9.86. The van der Waals surface area contributed by atoms with E-state index in [1.54, 1.807) is 62.6 Å². The number of hydrogen-bond donors (Lipinski definition) is 5. The summed E-state index contributed by atoms with van der Waals surface area (Å²) in [5, 5.41) is 54.6. The molecular formula is C87H109F5N10O5. The lowest BCUT2D eigenvalue weighted by Crippen LogP contribution is -2.18. The quantitative estimate of drug-likeness (QED) is 0.0549. The van der Waals surface area contributed by atoms with Crippen LogP contribution >= 0.6 is 0 Å². The number of pyridine rings is 5. The number of aromatic nitrogens is 10. The lowest BCUT2D eigenvalue weighted by Gasteiger charge is -2.28. The van der Waals surface area contributed by atoms with Crippen LogP contribution in [0.3, 0.4) is 0 Å². The number of hydrogen-bond acceptors (Lipinski definition) is 10. The number of aliphatic hydroxyl groups excluding tert-OH is 5. The monoisotopic (exact) mass is 1470 g/mol. The van der Waals surface area contributed by atoms with Crippen LogP contribution in [-0.4, -0.2) is 103 Å². The molecule has 10 aromatic rings. The largest absolute Gasteiger partial charge is 0.388 e. The van der Waals surface area contributed by atoms with Gasteiger partial charge in [0.15, 0.2) is 0 Å². The normalized spacial score (nSPS) is 27.6. The fraction of sp³-hybridized carbons (Fsp3) is 0.598. The smallest absolute Gasteiger partial charge is 0.108 e. The molecule has 20 heteroatoms. The Morgan fingerprint density at radius 1 is 0.290 bits per heavy atom. The third-order valence-electron chi connectivity index (χ3n) is 26.3. The van der Waals surface area contributed by atoms with Crippen LogP contribution in [0, 0.1) is 29.6 Å². The molecule has 0 bridgehead atoms. The minimum Gasteiger partial charge on any atom is -0.388 e. The van der Waals surface area contributed by atoms with Crippen LogP contribution in [0.2, 0.25) is 0 Å². The molecule has 0 spiro atoms. The first-order valence-corrected chi connectivity index (χ1v) is 41.1. The van der Waals surface area contributed by atoms with Gasteiger partial charge < -0.3 is 47.5 Å². The zero-order valence-electron chi connectivity index (χ0n) is 61.8. The summed E-state index contributed by atoms with van der Waals surface area (Å²) >= 11 is 0. The Hall–Kier alpha value is -7.10. The van der Waals surface area contributed by atoms with Crippen molar-refractivity contribution in [2.75, 3.05) is 0 Å². The summed E-state index contributed by atoms with van der Waals surface area (Å²) < 4.78 is 77.5. The van der Waals surface area contributed by atoms with Crippen molar-refractivity contribution in [3.63, 3.8) is 0 Å². The van der Waals surface area contributed by atoms with Crippen LogP contribution in [0.15, 0.2) is 124 Å². The van der Waals surface area contributed by atoms with Gasteiger partial charge in [0, 0.05) is 88.4 Å². The maximum Gasteiger partial charge on any atom is 0.108 e. The van der Waals surface area contributed by atoms with Crippen molar-refractivity contribution in [3.05, 3.63) is 180 Å². The Balaban J connectivity index is 0.000000102. The van der Waals surface area contributed by atoms with Crippen LogP contribution in [0.5, 0.6) is 0 Å². The van der Waals surface area contributed by atoms with Gasteiger partial charge in [-0.15, -0.1) is 0 Å². The van der Waals surface area contributed by atoms with Crippen molar-refractivity contribution in [3.8, 4) is 0 Å². The van der Waals surface area contributed by atoms with E-state index in [0.29, 0.717) is 61.7 Å². The molecule has 5 unspecified atom stereocenters. The molecule has 10 saturated carbocycles. The molecule has 10 aliphatic rings. The second kappa shape index (κ2) is 32.8. The van der Waals surface area contributed by atoms with E-state index < -0.39 is 61.4 Å². The molecule has 15 atom stereocenters. The number of alkyl halides is 5. The van der Waals surface area contributed by atoms with Crippen LogP contribution < -0.4 is 0 Å². The molecule has 572 valence electrons. The van der Waals surface area contributed by atoms with Crippen LogP contribution in [0.1, 0.15) is 321 Å². The number of aliphatic hydroxyl groups is 5. The van der Waals surface area contributed by atoms with Gasteiger partial charge in [-0.2, -0.15) is 0 Å². The summed E-state index contributed by atoms with van der Waals surface area (Å²) in [5.41, 5.74) is 14.2. The molecule has 107 heavy (non-hydrogen) atoms. The first kappa shape index (κ1) is 74.0. The van der Waals surface area contributed by atoms with E-state index in [1.807, 2.05) is 83.3 Å². The highest BCUT2D eigenvalue weighted by molar-refractivity contribution is 5.64. The Bertz CT molecular complexity index is 4210. The summed E-state index contributed by atoms with van der Waals surface area (Å²) in [6.07, 6.45) is 55.6. The van der Waals surface area contributed by atoms with Gasteiger partial charge in [-0.05, 0) is 171 Å². The molecule has 0 amide bonds. The van der Waals surface area contributed by atoms with Crippen molar-refractivity contribution >= 4 is 27.6 Å². The summed E-state index contributed by atoms with van der Waals surface area (Å²) in [7, 11) is 0. The van der Waals surface area contributed by atoms with Gasteiger partial charge in [0.2, 0.25) is 0 Å². The average Bonchev–Trinajstić information content (AvgIpc) is 1.64. The van der Waals surface area contributed by atoms with Crippen molar-refractivity contribution in [2.45, 2.75) is 296 Å². The average molecular weight is 1470 g/mol. The molecule has 0 aromatic carbocycles. The highest BCUT2D eigenvalue weighted by Gasteiger charge is 2.47. The van der Waals surface area contributed by atoms with E-state index >= 15 is 0 Å². The predicted octanol–water partition coefficient (Wildman–Crippen LogP) is 19.6. The molecule has 10 aliphatic carbocycles. The van der Waals surface area contributed by atoms with Gasteiger partial charge >= 0.3 is 0 Å². The van der Waals surface area contributed by atoms with Gasteiger partial charge in [0.25, 0.3) is 0 Å². The SMILES string of the molecule is OC(CC1CCCCC1)c1c([C@H]2C[C@H]2F)ccn2cncc12.OC(CC1CCCCC1)c1c([C@H]2C[C@H]2F)ccn2cncc12.OC(c1c([C@H]2C[C@@H]2F)ccn2cncc12)C1CCCCC1.OC(c1c([C@H]2C[C@H]2F)ccn2cncc12)C1CCCCC1.OC(c1c([C@H]2C[C@H]2F)ccn2cncc12)C1CCCCC1. The molecule has 5 N–H and O–H groups in total. The maximum atomic E-state index is 13.6. The molecular weight excluding hydrogens is 1360 g/mol. The third kappa shape index (κ3) is 16.4. The molecule has 0 aliphatic heterocycles. The lowest BCUT2D eigenvalue weighted by atomic mass is 9.81. The van der Waals surface area contributed by atoms with E-state index in [0.717, 1.165) is 135 Å². The molecule has 0 radical (unpaired) electrons. The maximum absolute atomic E-state index is 13.6. The molecule has 20 rings (SSSR count). The first-order chi connectivity index (χ1) is 52.2. The minimum absolute atomic E-state index is 0.0295. The number of halogens is 5. The van der Waals surface area contributed by atoms with Gasteiger partial charge in [-0.1, -0.05) is 122 Å². The Labute approximate surface area is 624 Å². The fourth-order valence-electron chi connectivity index (χ4n) is 19.7. The Morgan fingerprint density at radius 3 is 0.701 bits per heavy atom. The molecule has 10 aromatic heterocycles. The highest BCUT2D eigenvalue weighted by Crippen LogP contribution is 2.54. The molecule has 10 fully saturated rings. The van der Waals surface area contributed by atoms with Gasteiger partial charge in [0.05, 0.1) is 121 Å². The predicted molar refractivity (Wildman–Crippen MR) is 404 cm³/mol. The number of nitrogens with zero attached hydrogens (tertiary/aromatic N) is 10. The number of imidazole rings is 5. The second-order valence-electron chi connectivity index (χ2n) is 33.7. The Morgan fingerprint density at radius 2 is 0.486 bits per heavy atom. The van der Waals surface area contributed by atoms with Crippen molar-refractivity contribution in [1.29, 1.82) is 0 Å². The van der Waals surface area contributed by atoms with E-state index in [1.165, 1.54) is 122 Å². The van der Waals surface area contributed by atoms with Crippen LogP contribution in [0.25, 0.3) is 27.6 Å². The van der Waals surface area contributed by atoms with Crippen molar-refractivity contribution in [2.24, 2.45) is 29.6 Å². The zero-order valence-corrected chi connectivity index (χ0v) is 61.8. The minimum atomic E-state index is -0.744. The van der Waals surface area contributed by atoms with Gasteiger partial charge in [-0.3, -0.25) is 0 Å². The summed E-state index contributed by atoms with van der Waals surface area (Å²) in [6.45, 7) is 0. The lowest BCUT2D eigenvalue weighted by molar-refractivity contribution is 0.0848. The van der Waals surface area contributed by atoms with Gasteiger partial charge in [0.1, 0.15) is 30.9 Å². The van der Waals surface area contributed by atoms with Crippen molar-refractivity contribution < 1.29 is 47.5 Å². The van der Waals surface area contributed by atoms with Gasteiger partial charge in [-0.25, -0.2) is 46.9 Å². The standard InChI is InChI=1S/2C18H23FN2O.3C17H21FN2O/c2*19-15-9-14(15)13-6-7-21-11-20-10-16(21)18(13)17(22)8-12-4-2-1-3-5-12;3*18-14-8-13(14)12-6-7-20-10-19-9-15(20)16(12)17(21)11-4-2-1-3-5-11/h2*6-7,10-12,14-15,17,22H,1-5,8-9H2;3*6-7,9-11,13-14,17,21H,1-5,8H2/t2*14-,15-,17?;13-,14+,17?;2*13-,14-,17?/m11111/s1. The molecule has 0 saturated heterocycles. The topological polar surface area (TPSA) is 188 Å². The zero-order chi connectivity index (χ0) is 73.4. The third-order valence-corrected chi connectivity index (χ3v) is 26.3. The molecule has 15 nitrogen and oxygen atoms in total. The van der Waals surface area contributed by atoms with E-state index in [4.69, 9.17) is 0 Å². The second-order valence-corrected chi connectivity index (χ2v) is 33.7. The Kier molecular flexibility index (Phi) is 22.7. The van der Waals surface area contributed by atoms with Crippen molar-refractivity contribution in [1.82, 2.24) is 46.9 Å². The van der Waals surface area contributed by atoms with Crippen LogP contribution in [0.4, 0.5) is 22.0 Å². The number of rotatable bonds is 17. The van der Waals surface area contributed by atoms with E-state index in [-0.39, 0.29) is 29.6 Å². The summed E-state index contributed by atoms with van der Waals surface area (Å²) in [4.78, 5) is 20.9. The number of fused-ring (bicyclic) bond motifs is 5. The highest BCUT2D eigenvalue weighted by atomic mass is 19.2. The summed E-state index contributed by atoms with van der Waals surface area (Å²) in [5.74, 6) is 1.95. The molecule has 10 heterocycles. The fourth-order valence-corrected chi connectivity index (χ4v) is 19.7. The first-order valence-electron chi connectivity index (χ1n) is 41.1. The van der Waals surface area contributed by atoms with Crippen LogP contribution in [-0.2, 0) is 0 Å².